The van der Waals surface area contributed by atoms with Crippen LogP contribution in [0.3, 0.4) is 0 Å². The second-order valence-electron chi connectivity index (χ2n) is 7.52. The van der Waals surface area contributed by atoms with Crippen molar-refractivity contribution in [2.75, 3.05) is 17.4 Å². The first-order chi connectivity index (χ1) is 14.3. The number of aryl methyl sites for hydroxylation is 1. The summed E-state index contributed by atoms with van der Waals surface area (Å²) in [5, 5.41) is 2.05. The van der Waals surface area contributed by atoms with Crippen molar-refractivity contribution in [1.29, 1.82) is 0 Å². The Hall–Kier alpha value is -2.26. The summed E-state index contributed by atoms with van der Waals surface area (Å²) in [5.74, 6) is -0.307. The third-order valence-electron chi connectivity index (χ3n) is 4.48. The van der Waals surface area contributed by atoms with Gasteiger partial charge in [-0.05, 0) is 49.6 Å². The molecule has 0 aliphatic carbocycles. The third-order valence-corrected chi connectivity index (χ3v) is 6.60. The van der Waals surface area contributed by atoms with E-state index in [0.717, 1.165) is 17.7 Å². The lowest BCUT2D eigenvalue weighted by Gasteiger charge is -2.25. The second-order valence-corrected chi connectivity index (χ2v) is 9.79. The molecule has 0 saturated heterocycles. The summed E-state index contributed by atoms with van der Waals surface area (Å²) in [6, 6.07) is 8.56. The second kappa shape index (κ2) is 9.91. The highest BCUT2D eigenvalue weighted by atomic mass is 35.5. The number of benzene rings is 2. The zero-order chi connectivity index (χ0) is 23.4. The number of rotatable bonds is 8. The van der Waals surface area contributed by atoms with Crippen LogP contribution in [-0.4, -0.2) is 27.4 Å². The zero-order valence-corrected chi connectivity index (χ0v) is 18.9. The molecule has 1 N–H and O–H groups in total. The number of nitrogens with one attached hydrogen (secondary N) is 1. The summed E-state index contributed by atoms with van der Waals surface area (Å²) < 4.78 is 67.1. The van der Waals surface area contributed by atoms with E-state index in [0.29, 0.717) is 29.3 Å². The SMILES string of the molecule is Cc1ccc(S(=O)(=O)N(CC(=O)NCCC(C)C)c2ccc(Cl)c(C(F)(F)F)c2)cc1. The summed E-state index contributed by atoms with van der Waals surface area (Å²) in [5.41, 5.74) is -0.685. The highest BCUT2D eigenvalue weighted by Gasteiger charge is 2.35. The average Bonchev–Trinajstić information content (AvgIpc) is 2.66. The molecule has 0 fully saturated rings. The minimum atomic E-state index is -4.79. The van der Waals surface area contributed by atoms with Crippen LogP contribution >= 0.6 is 11.6 Å². The Morgan fingerprint density at radius 1 is 1.13 bits per heavy atom. The van der Waals surface area contributed by atoms with E-state index < -0.39 is 39.2 Å². The highest BCUT2D eigenvalue weighted by molar-refractivity contribution is 7.92. The Morgan fingerprint density at radius 3 is 2.29 bits per heavy atom. The minimum Gasteiger partial charge on any atom is -0.355 e. The molecular weight excluding hydrogens is 453 g/mol. The van der Waals surface area contributed by atoms with Gasteiger partial charge in [-0.2, -0.15) is 13.2 Å². The van der Waals surface area contributed by atoms with Crippen LogP contribution in [0.1, 0.15) is 31.4 Å². The third kappa shape index (κ3) is 6.61. The van der Waals surface area contributed by atoms with Gasteiger partial charge in [0.1, 0.15) is 6.54 Å². The molecule has 0 aromatic heterocycles. The number of amides is 1. The van der Waals surface area contributed by atoms with Gasteiger partial charge in [0.25, 0.3) is 10.0 Å². The first-order valence-electron chi connectivity index (χ1n) is 9.55. The molecule has 1 amide bonds. The van der Waals surface area contributed by atoms with E-state index in [1.54, 1.807) is 19.1 Å². The fourth-order valence-electron chi connectivity index (χ4n) is 2.72. The molecule has 0 atom stereocenters. The summed E-state index contributed by atoms with van der Waals surface area (Å²) in [4.78, 5) is 12.3. The maximum absolute atomic E-state index is 13.3. The quantitative estimate of drug-likeness (QED) is 0.581. The maximum atomic E-state index is 13.3. The Kier molecular flexibility index (Phi) is 7.99. The van der Waals surface area contributed by atoms with Crippen molar-refractivity contribution in [2.45, 2.75) is 38.3 Å². The van der Waals surface area contributed by atoms with E-state index in [1.807, 2.05) is 13.8 Å². The molecule has 10 heteroatoms. The van der Waals surface area contributed by atoms with Gasteiger partial charge in [0.2, 0.25) is 5.91 Å². The van der Waals surface area contributed by atoms with Crippen LogP contribution in [0.5, 0.6) is 0 Å². The number of carbonyl (C=O) groups excluding carboxylic acids is 1. The van der Waals surface area contributed by atoms with Gasteiger partial charge < -0.3 is 5.32 Å². The van der Waals surface area contributed by atoms with Gasteiger partial charge in [0.15, 0.2) is 0 Å². The molecule has 0 saturated carbocycles. The fraction of sp³-hybridized carbons (Fsp3) is 0.381. The van der Waals surface area contributed by atoms with Crippen molar-refractivity contribution in [3.8, 4) is 0 Å². The number of anilines is 1. The van der Waals surface area contributed by atoms with Gasteiger partial charge in [0.05, 0.1) is 21.2 Å². The Balaban J connectivity index is 2.48. The lowest BCUT2D eigenvalue weighted by Crippen LogP contribution is -2.41. The lowest BCUT2D eigenvalue weighted by molar-refractivity contribution is -0.137. The average molecular weight is 477 g/mol. The zero-order valence-electron chi connectivity index (χ0n) is 17.3. The van der Waals surface area contributed by atoms with Gasteiger partial charge in [-0.1, -0.05) is 43.1 Å². The maximum Gasteiger partial charge on any atom is 0.417 e. The summed E-state index contributed by atoms with van der Waals surface area (Å²) in [6.07, 6.45) is -4.11. The Bertz CT molecular complexity index is 1020. The lowest BCUT2D eigenvalue weighted by atomic mass is 10.1. The monoisotopic (exact) mass is 476 g/mol. The Labute approximate surface area is 185 Å². The van der Waals surface area contributed by atoms with E-state index in [2.05, 4.69) is 5.32 Å². The van der Waals surface area contributed by atoms with Crippen LogP contribution < -0.4 is 9.62 Å². The molecular formula is C21H24ClF3N2O3S. The summed E-state index contributed by atoms with van der Waals surface area (Å²) in [7, 11) is -4.32. The molecule has 2 aromatic rings. The predicted octanol–water partition coefficient (Wildman–Crippen LogP) is 5.02. The van der Waals surface area contributed by atoms with E-state index >= 15 is 0 Å². The molecule has 0 aliphatic heterocycles. The van der Waals surface area contributed by atoms with Crippen LogP contribution in [0.15, 0.2) is 47.4 Å². The fourth-order valence-corrected chi connectivity index (χ4v) is 4.36. The number of nitrogens with zero attached hydrogens (tertiary/aromatic N) is 1. The molecule has 0 unspecified atom stereocenters. The standard InChI is InChI=1S/C21H24ClF3N2O3S/c1-14(2)10-11-26-20(28)13-27(31(29,30)17-7-4-15(3)5-8-17)16-6-9-19(22)18(12-16)21(23,24)25/h4-9,12,14H,10-11,13H2,1-3H3,(H,26,28). The largest absolute Gasteiger partial charge is 0.417 e. The van der Waals surface area contributed by atoms with Crippen molar-refractivity contribution < 1.29 is 26.4 Å². The Morgan fingerprint density at radius 2 is 1.74 bits per heavy atom. The van der Waals surface area contributed by atoms with Crippen LogP contribution in [0.4, 0.5) is 18.9 Å². The minimum absolute atomic E-state index is 0.142. The number of hydrogen-bond donors (Lipinski definition) is 1. The number of alkyl halides is 3. The van der Waals surface area contributed by atoms with Crippen LogP contribution in [0, 0.1) is 12.8 Å². The van der Waals surface area contributed by atoms with E-state index in [9.17, 15) is 26.4 Å². The van der Waals surface area contributed by atoms with Gasteiger partial charge in [-0.15, -0.1) is 0 Å². The molecule has 2 rings (SSSR count). The van der Waals surface area contributed by atoms with Crippen molar-refractivity contribution >= 4 is 33.2 Å². The van der Waals surface area contributed by atoms with E-state index in [1.165, 1.54) is 12.1 Å². The molecule has 0 aliphatic rings. The summed E-state index contributed by atoms with van der Waals surface area (Å²) in [6.45, 7) is 5.35. The molecule has 0 spiro atoms. The van der Waals surface area contributed by atoms with Gasteiger partial charge in [-0.3, -0.25) is 9.10 Å². The van der Waals surface area contributed by atoms with Crippen LogP contribution in [-0.2, 0) is 21.0 Å². The molecule has 170 valence electrons. The number of halogens is 4. The molecule has 2 aromatic carbocycles. The van der Waals surface area contributed by atoms with Crippen LogP contribution in [0.25, 0.3) is 0 Å². The van der Waals surface area contributed by atoms with E-state index in [4.69, 9.17) is 11.6 Å². The smallest absolute Gasteiger partial charge is 0.355 e. The van der Waals surface area contributed by atoms with Gasteiger partial charge in [-0.25, -0.2) is 8.42 Å². The van der Waals surface area contributed by atoms with Crippen molar-refractivity contribution in [3.05, 3.63) is 58.6 Å². The number of hydrogen-bond acceptors (Lipinski definition) is 3. The van der Waals surface area contributed by atoms with Gasteiger partial charge in [0, 0.05) is 6.54 Å². The molecule has 5 nitrogen and oxygen atoms in total. The molecule has 0 radical (unpaired) electrons. The normalized spacial score (nSPS) is 12.1. The number of carbonyl (C=O) groups is 1. The number of sulfonamides is 1. The first kappa shape index (κ1) is 25.0. The van der Waals surface area contributed by atoms with Crippen LogP contribution in [0.2, 0.25) is 5.02 Å². The topological polar surface area (TPSA) is 66.5 Å². The predicted molar refractivity (Wildman–Crippen MR) is 115 cm³/mol. The summed E-state index contributed by atoms with van der Waals surface area (Å²) >= 11 is 5.67. The molecule has 0 bridgehead atoms. The van der Waals surface area contributed by atoms with E-state index in [-0.39, 0.29) is 10.6 Å². The first-order valence-corrected chi connectivity index (χ1v) is 11.4. The highest BCUT2D eigenvalue weighted by Crippen LogP contribution is 2.38. The molecule has 31 heavy (non-hydrogen) atoms. The van der Waals surface area contributed by atoms with Crippen molar-refractivity contribution in [1.82, 2.24) is 5.32 Å². The van der Waals surface area contributed by atoms with Gasteiger partial charge >= 0.3 is 6.18 Å². The van der Waals surface area contributed by atoms with Crippen molar-refractivity contribution in [2.24, 2.45) is 5.92 Å². The van der Waals surface area contributed by atoms with Crippen molar-refractivity contribution in [3.63, 3.8) is 0 Å². The molecule has 0 heterocycles.